The summed E-state index contributed by atoms with van der Waals surface area (Å²) < 4.78 is 0. The van der Waals surface area contributed by atoms with Gasteiger partial charge >= 0.3 is 5.97 Å². The van der Waals surface area contributed by atoms with Crippen LogP contribution < -0.4 is 27.4 Å². The minimum absolute atomic E-state index is 0.0737. The Bertz CT molecular complexity index is 737. The van der Waals surface area contributed by atoms with Gasteiger partial charge in [-0.15, -0.1) is 0 Å². The minimum atomic E-state index is -1.47. The third-order valence-electron chi connectivity index (χ3n) is 3.60. The molecule has 14 heteroatoms. The number of nitrogens with zero attached hydrogens (tertiary/aromatic N) is 1. The fourth-order valence-corrected chi connectivity index (χ4v) is 2.16. The van der Waals surface area contributed by atoms with Crippen LogP contribution in [0.2, 0.25) is 0 Å². The van der Waals surface area contributed by atoms with Gasteiger partial charge in [-0.25, -0.2) is 4.98 Å². The number of aliphatic hydroxyl groups is 1. The summed E-state index contributed by atoms with van der Waals surface area (Å²) in [4.78, 5) is 65.0. The number of amides is 4. The second kappa shape index (κ2) is 11.4. The van der Waals surface area contributed by atoms with Gasteiger partial charge in [0.15, 0.2) is 0 Å². The first-order valence-corrected chi connectivity index (χ1v) is 8.36. The Hall–Kier alpha value is -3.52. The average molecular weight is 413 g/mol. The summed E-state index contributed by atoms with van der Waals surface area (Å²) in [6.45, 7) is -1.39. The van der Waals surface area contributed by atoms with Crippen LogP contribution in [0.1, 0.15) is 12.1 Å². The maximum absolute atomic E-state index is 12.6. The molecule has 0 aliphatic rings. The standard InChI is InChI=1S/C15H23N7O7/c16-8(5-23)13(27)21-9(1-7-3-18-6-20-7)15(29)22-10(2-11(17)24)14(28)19-4-12(25)26/h3,6,8-10,23H,1-2,4-5,16H2,(H2,17,24)(H,18,20)(H,19,28)(H,21,27)(H,22,29)(H,25,26). The molecule has 0 spiro atoms. The first-order chi connectivity index (χ1) is 13.6. The molecule has 0 radical (unpaired) electrons. The molecule has 1 aromatic rings. The number of H-pyrrole nitrogens is 1. The van der Waals surface area contributed by atoms with E-state index in [1.165, 1.54) is 12.5 Å². The van der Waals surface area contributed by atoms with E-state index in [4.69, 9.17) is 21.7 Å². The van der Waals surface area contributed by atoms with Gasteiger partial charge in [0.05, 0.1) is 19.4 Å². The summed E-state index contributed by atoms with van der Waals surface area (Å²) in [5.74, 6) is -4.89. The van der Waals surface area contributed by atoms with Crippen molar-refractivity contribution < 1.29 is 34.2 Å². The lowest BCUT2D eigenvalue weighted by molar-refractivity contribution is -0.138. The number of carbonyl (C=O) groups excluding carboxylic acids is 4. The summed E-state index contributed by atoms with van der Waals surface area (Å²) in [7, 11) is 0. The van der Waals surface area contributed by atoms with Gasteiger partial charge < -0.3 is 42.6 Å². The molecule has 29 heavy (non-hydrogen) atoms. The quantitative estimate of drug-likeness (QED) is 0.164. The molecule has 0 fully saturated rings. The lowest BCUT2D eigenvalue weighted by Gasteiger charge is -2.23. The molecule has 1 heterocycles. The zero-order chi connectivity index (χ0) is 22.0. The molecule has 14 nitrogen and oxygen atoms in total. The molecule has 0 saturated carbocycles. The number of hydrogen-bond donors (Lipinski definition) is 8. The molecule has 160 valence electrons. The van der Waals surface area contributed by atoms with Gasteiger partial charge in [0.1, 0.15) is 24.7 Å². The van der Waals surface area contributed by atoms with Crippen molar-refractivity contribution in [1.82, 2.24) is 25.9 Å². The van der Waals surface area contributed by atoms with Crippen LogP contribution in [0.4, 0.5) is 0 Å². The van der Waals surface area contributed by atoms with Crippen LogP contribution in [-0.2, 0) is 30.4 Å². The number of imidazole rings is 1. The number of carbonyl (C=O) groups is 5. The van der Waals surface area contributed by atoms with Crippen molar-refractivity contribution in [1.29, 1.82) is 0 Å². The average Bonchev–Trinajstić information content (AvgIpc) is 3.16. The highest BCUT2D eigenvalue weighted by molar-refractivity contribution is 5.95. The van der Waals surface area contributed by atoms with E-state index in [9.17, 15) is 24.0 Å². The molecule has 0 bridgehead atoms. The van der Waals surface area contributed by atoms with Gasteiger partial charge in [-0.05, 0) is 0 Å². The fourth-order valence-electron chi connectivity index (χ4n) is 2.16. The molecule has 0 aromatic carbocycles. The first-order valence-electron chi connectivity index (χ1n) is 8.36. The normalized spacial score (nSPS) is 13.6. The first kappa shape index (κ1) is 23.5. The summed E-state index contributed by atoms with van der Waals surface area (Å²) in [6.07, 6.45) is 2.08. The van der Waals surface area contributed by atoms with Crippen LogP contribution in [-0.4, -0.2) is 81.1 Å². The van der Waals surface area contributed by atoms with Crippen molar-refractivity contribution in [3.8, 4) is 0 Å². The summed E-state index contributed by atoms with van der Waals surface area (Å²) >= 11 is 0. The van der Waals surface area contributed by atoms with E-state index >= 15 is 0 Å². The molecular weight excluding hydrogens is 390 g/mol. The third kappa shape index (κ3) is 8.35. The fraction of sp³-hybridized carbons (Fsp3) is 0.467. The number of nitrogens with two attached hydrogens (primary N) is 2. The van der Waals surface area contributed by atoms with Crippen LogP contribution in [0, 0.1) is 0 Å². The largest absolute Gasteiger partial charge is 0.480 e. The van der Waals surface area contributed by atoms with E-state index in [0.29, 0.717) is 5.69 Å². The van der Waals surface area contributed by atoms with E-state index < -0.39 is 67.3 Å². The number of carboxylic acid groups (broad SMARTS) is 1. The molecule has 3 atom stereocenters. The highest BCUT2D eigenvalue weighted by Gasteiger charge is 2.29. The summed E-state index contributed by atoms with van der Waals surface area (Å²) in [5, 5.41) is 24.2. The number of rotatable bonds is 12. The van der Waals surface area contributed by atoms with Crippen molar-refractivity contribution in [2.24, 2.45) is 11.5 Å². The number of aromatic amines is 1. The van der Waals surface area contributed by atoms with E-state index in [2.05, 4.69) is 20.6 Å². The lowest BCUT2D eigenvalue weighted by atomic mass is 10.1. The predicted octanol–water partition coefficient (Wildman–Crippen LogP) is -4.68. The number of aromatic nitrogens is 2. The van der Waals surface area contributed by atoms with Gasteiger partial charge in [0.25, 0.3) is 0 Å². The Balaban J connectivity index is 2.94. The molecule has 10 N–H and O–H groups in total. The molecule has 1 rings (SSSR count). The topological polar surface area (TPSA) is 243 Å². The lowest BCUT2D eigenvalue weighted by Crippen LogP contribution is -2.57. The van der Waals surface area contributed by atoms with E-state index in [1.807, 2.05) is 5.32 Å². The van der Waals surface area contributed by atoms with Gasteiger partial charge in [-0.1, -0.05) is 0 Å². The minimum Gasteiger partial charge on any atom is -0.480 e. The number of aliphatic hydroxyl groups excluding tert-OH is 1. The van der Waals surface area contributed by atoms with Gasteiger partial charge in [-0.2, -0.15) is 0 Å². The van der Waals surface area contributed by atoms with Crippen LogP contribution in [0.5, 0.6) is 0 Å². The molecule has 3 unspecified atom stereocenters. The number of primary amides is 1. The second-order valence-corrected chi connectivity index (χ2v) is 5.97. The third-order valence-corrected chi connectivity index (χ3v) is 3.60. The van der Waals surface area contributed by atoms with Gasteiger partial charge in [-0.3, -0.25) is 24.0 Å². The van der Waals surface area contributed by atoms with Crippen LogP contribution >= 0.6 is 0 Å². The van der Waals surface area contributed by atoms with Crippen molar-refractivity contribution in [2.75, 3.05) is 13.2 Å². The SMILES string of the molecule is NC(=O)CC(NC(=O)C(Cc1cnc[nH]1)NC(=O)C(N)CO)C(=O)NCC(=O)O. The highest BCUT2D eigenvalue weighted by Crippen LogP contribution is 2.02. The number of carboxylic acids is 1. The summed E-state index contributed by atoms with van der Waals surface area (Å²) in [5.41, 5.74) is 11.0. The van der Waals surface area contributed by atoms with Crippen LogP contribution in [0.15, 0.2) is 12.5 Å². The molecule has 4 amide bonds. The van der Waals surface area contributed by atoms with Crippen LogP contribution in [0.3, 0.4) is 0 Å². The van der Waals surface area contributed by atoms with Crippen LogP contribution in [0.25, 0.3) is 0 Å². The Morgan fingerprint density at radius 2 is 1.76 bits per heavy atom. The number of aliphatic carboxylic acids is 1. The Morgan fingerprint density at radius 3 is 2.28 bits per heavy atom. The van der Waals surface area contributed by atoms with E-state index in [1.54, 1.807) is 0 Å². The van der Waals surface area contributed by atoms with Gasteiger partial charge in [0.2, 0.25) is 23.6 Å². The van der Waals surface area contributed by atoms with Crippen molar-refractivity contribution in [3.05, 3.63) is 18.2 Å². The smallest absolute Gasteiger partial charge is 0.322 e. The number of hydrogen-bond acceptors (Lipinski definition) is 8. The zero-order valence-corrected chi connectivity index (χ0v) is 15.3. The Labute approximate surface area is 164 Å². The Kier molecular flexibility index (Phi) is 9.21. The second-order valence-electron chi connectivity index (χ2n) is 5.97. The molecule has 1 aromatic heterocycles. The molecule has 0 saturated heterocycles. The Morgan fingerprint density at radius 1 is 1.10 bits per heavy atom. The highest BCUT2D eigenvalue weighted by atomic mass is 16.4. The summed E-state index contributed by atoms with van der Waals surface area (Å²) in [6, 6.07) is -4.00. The maximum Gasteiger partial charge on any atom is 0.322 e. The monoisotopic (exact) mass is 413 g/mol. The van der Waals surface area contributed by atoms with E-state index in [-0.39, 0.29) is 6.42 Å². The molecular formula is C15H23N7O7. The number of nitrogens with one attached hydrogen (secondary N) is 4. The van der Waals surface area contributed by atoms with Crippen molar-refractivity contribution >= 4 is 29.6 Å². The van der Waals surface area contributed by atoms with E-state index in [0.717, 1.165) is 0 Å². The zero-order valence-electron chi connectivity index (χ0n) is 15.3. The van der Waals surface area contributed by atoms with Crippen molar-refractivity contribution in [3.63, 3.8) is 0 Å². The molecule has 0 aliphatic carbocycles. The predicted molar refractivity (Wildman–Crippen MR) is 95.7 cm³/mol. The molecule has 0 aliphatic heterocycles. The maximum atomic E-state index is 12.6. The van der Waals surface area contributed by atoms with Crippen molar-refractivity contribution in [2.45, 2.75) is 31.0 Å². The van der Waals surface area contributed by atoms with Gasteiger partial charge in [0, 0.05) is 18.3 Å².